The van der Waals surface area contributed by atoms with E-state index in [1.54, 1.807) is 7.05 Å². The van der Waals surface area contributed by atoms with Crippen LogP contribution in [0.3, 0.4) is 0 Å². The van der Waals surface area contributed by atoms with Crippen LogP contribution in [-0.4, -0.2) is 37.2 Å². The van der Waals surface area contributed by atoms with Crippen LogP contribution in [0.5, 0.6) is 0 Å². The fraction of sp³-hybridized carbons (Fsp3) is 0.429. The molecule has 0 aliphatic rings. The molecule has 0 radical (unpaired) electrons. The summed E-state index contributed by atoms with van der Waals surface area (Å²) in [5.74, 6) is -1.46. The van der Waals surface area contributed by atoms with Gasteiger partial charge in [-0.2, -0.15) is 5.10 Å². The van der Waals surface area contributed by atoms with Crippen LogP contribution in [0.2, 0.25) is 0 Å². The van der Waals surface area contributed by atoms with Crippen molar-refractivity contribution in [2.45, 2.75) is 12.2 Å². The normalized spacial score (nSPS) is 15.3. The molecule has 0 saturated carbocycles. The van der Waals surface area contributed by atoms with Crippen LogP contribution in [-0.2, 0) is 11.8 Å². The van der Waals surface area contributed by atoms with Crippen LogP contribution in [0.25, 0.3) is 0 Å². The fourth-order valence-corrected chi connectivity index (χ4v) is 0.910. The van der Waals surface area contributed by atoms with Gasteiger partial charge in [0.15, 0.2) is 6.10 Å². The lowest BCUT2D eigenvalue weighted by atomic mass is 10.1. The van der Waals surface area contributed by atoms with Crippen LogP contribution < -0.4 is 0 Å². The molecule has 6 heteroatoms. The summed E-state index contributed by atoms with van der Waals surface area (Å²) in [4.78, 5) is 10.3. The van der Waals surface area contributed by atoms with E-state index in [2.05, 4.69) is 5.10 Å². The number of nitrogens with zero attached hydrogens (tertiary/aromatic N) is 2. The van der Waals surface area contributed by atoms with Crippen molar-refractivity contribution in [3.63, 3.8) is 0 Å². The smallest absolute Gasteiger partial charge is 0.335 e. The third-order valence-electron chi connectivity index (χ3n) is 1.62. The lowest BCUT2D eigenvalue weighted by Gasteiger charge is -2.11. The Hall–Kier alpha value is -1.40. The third kappa shape index (κ3) is 2.04. The minimum atomic E-state index is -1.82. The molecule has 6 nitrogen and oxygen atoms in total. The van der Waals surface area contributed by atoms with Crippen molar-refractivity contribution in [2.75, 3.05) is 0 Å². The van der Waals surface area contributed by atoms with E-state index in [1.807, 2.05) is 0 Å². The summed E-state index contributed by atoms with van der Waals surface area (Å²) in [6, 6.07) is 0. The van der Waals surface area contributed by atoms with Gasteiger partial charge in [0, 0.05) is 18.8 Å². The van der Waals surface area contributed by atoms with E-state index >= 15 is 0 Å². The lowest BCUT2D eigenvalue weighted by Crippen LogP contribution is -2.27. The second kappa shape index (κ2) is 3.55. The monoisotopic (exact) mass is 186 g/mol. The van der Waals surface area contributed by atoms with Gasteiger partial charge in [0.2, 0.25) is 0 Å². The number of carboxylic acids is 1. The molecule has 1 rings (SSSR count). The molecule has 0 aliphatic carbocycles. The molecular weight excluding hydrogens is 176 g/mol. The molecule has 2 atom stereocenters. The second-order valence-corrected chi connectivity index (χ2v) is 2.68. The van der Waals surface area contributed by atoms with E-state index in [0.717, 1.165) is 0 Å². The first-order valence-electron chi connectivity index (χ1n) is 3.60. The molecule has 0 spiro atoms. The quantitative estimate of drug-likeness (QED) is 0.556. The molecular formula is C7H10N2O4. The molecule has 0 fully saturated rings. The maximum absolute atomic E-state index is 10.3. The van der Waals surface area contributed by atoms with Gasteiger partial charge in [0.25, 0.3) is 0 Å². The van der Waals surface area contributed by atoms with Crippen LogP contribution in [0.15, 0.2) is 12.4 Å². The summed E-state index contributed by atoms with van der Waals surface area (Å²) in [6.45, 7) is 0. The van der Waals surface area contributed by atoms with Crippen molar-refractivity contribution in [1.82, 2.24) is 9.78 Å². The standard InChI is InChI=1S/C7H10N2O4/c1-9-3-4(2-8-9)5(10)6(11)7(12)13/h2-3,5-6,10-11H,1H3,(H,12,13). The topological polar surface area (TPSA) is 95.6 Å². The van der Waals surface area contributed by atoms with Crippen molar-refractivity contribution < 1.29 is 20.1 Å². The minimum absolute atomic E-state index is 0.275. The summed E-state index contributed by atoms with van der Waals surface area (Å²) in [6.07, 6.45) is -0.511. The Balaban J connectivity index is 2.78. The average Bonchev–Trinajstić information content (AvgIpc) is 2.49. The lowest BCUT2D eigenvalue weighted by molar-refractivity contribution is -0.153. The zero-order valence-corrected chi connectivity index (χ0v) is 6.95. The minimum Gasteiger partial charge on any atom is -0.479 e. The molecule has 0 bridgehead atoms. The molecule has 0 aromatic carbocycles. The highest BCUT2D eigenvalue weighted by Crippen LogP contribution is 2.15. The Labute approximate surface area is 74.0 Å². The Morgan fingerprint density at radius 1 is 1.62 bits per heavy atom. The third-order valence-corrected chi connectivity index (χ3v) is 1.62. The summed E-state index contributed by atoms with van der Waals surface area (Å²) in [5.41, 5.74) is 0.275. The van der Waals surface area contributed by atoms with Gasteiger partial charge in [-0.05, 0) is 0 Å². The SMILES string of the molecule is Cn1cc(C(O)C(O)C(=O)O)cn1. The van der Waals surface area contributed by atoms with Crippen LogP contribution in [0.1, 0.15) is 11.7 Å². The van der Waals surface area contributed by atoms with Crippen LogP contribution in [0, 0.1) is 0 Å². The number of carboxylic acid groups (broad SMARTS) is 1. The van der Waals surface area contributed by atoms with Gasteiger partial charge in [-0.3, -0.25) is 4.68 Å². The van der Waals surface area contributed by atoms with E-state index in [-0.39, 0.29) is 5.56 Å². The molecule has 0 saturated heterocycles. The summed E-state index contributed by atoms with van der Waals surface area (Å²) >= 11 is 0. The number of aliphatic hydroxyl groups excluding tert-OH is 2. The number of hydrogen-bond acceptors (Lipinski definition) is 4. The molecule has 13 heavy (non-hydrogen) atoms. The van der Waals surface area contributed by atoms with Crippen molar-refractivity contribution in [3.8, 4) is 0 Å². The molecule has 3 N–H and O–H groups in total. The van der Waals surface area contributed by atoms with Gasteiger partial charge in [-0.1, -0.05) is 0 Å². The van der Waals surface area contributed by atoms with Gasteiger partial charge in [0.1, 0.15) is 6.10 Å². The number of hydrogen-bond donors (Lipinski definition) is 3. The number of aliphatic hydroxyl groups is 2. The fourth-order valence-electron chi connectivity index (χ4n) is 0.910. The van der Waals surface area contributed by atoms with Crippen molar-refractivity contribution in [1.29, 1.82) is 0 Å². The van der Waals surface area contributed by atoms with E-state index in [4.69, 9.17) is 10.2 Å². The Kier molecular flexibility index (Phi) is 2.64. The Morgan fingerprint density at radius 3 is 2.62 bits per heavy atom. The first-order chi connectivity index (χ1) is 6.02. The highest BCUT2D eigenvalue weighted by molar-refractivity contribution is 5.72. The predicted octanol–water partition coefficient (Wildman–Crippen LogP) is -1.10. The molecule has 1 aromatic heterocycles. The number of aromatic nitrogens is 2. The average molecular weight is 186 g/mol. The first kappa shape index (κ1) is 9.69. The van der Waals surface area contributed by atoms with E-state index in [0.29, 0.717) is 0 Å². The summed E-state index contributed by atoms with van der Waals surface area (Å²) in [7, 11) is 1.63. The van der Waals surface area contributed by atoms with Gasteiger partial charge < -0.3 is 15.3 Å². The number of rotatable bonds is 3. The first-order valence-corrected chi connectivity index (χ1v) is 3.60. The Morgan fingerprint density at radius 2 is 2.23 bits per heavy atom. The molecule has 72 valence electrons. The van der Waals surface area contributed by atoms with Crippen molar-refractivity contribution >= 4 is 5.97 Å². The maximum atomic E-state index is 10.3. The number of aryl methyl sites for hydroxylation is 1. The van der Waals surface area contributed by atoms with E-state index in [1.165, 1.54) is 17.1 Å². The van der Waals surface area contributed by atoms with Crippen LogP contribution in [0.4, 0.5) is 0 Å². The van der Waals surface area contributed by atoms with Gasteiger partial charge in [-0.15, -0.1) is 0 Å². The molecule has 1 aromatic rings. The van der Waals surface area contributed by atoms with Gasteiger partial charge in [0.05, 0.1) is 6.20 Å². The number of carbonyl (C=O) groups is 1. The highest BCUT2D eigenvalue weighted by atomic mass is 16.4. The second-order valence-electron chi connectivity index (χ2n) is 2.68. The summed E-state index contributed by atoms with van der Waals surface area (Å²) in [5, 5.41) is 30.4. The van der Waals surface area contributed by atoms with E-state index in [9.17, 15) is 9.90 Å². The Bertz CT molecular complexity index is 309. The summed E-state index contributed by atoms with van der Waals surface area (Å²) < 4.78 is 1.41. The van der Waals surface area contributed by atoms with Gasteiger partial charge in [-0.25, -0.2) is 4.79 Å². The molecule has 1 heterocycles. The molecule has 0 amide bonds. The predicted molar refractivity (Wildman–Crippen MR) is 41.8 cm³/mol. The highest BCUT2D eigenvalue weighted by Gasteiger charge is 2.25. The zero-order valence-electron chi connectivity index (χ0n) is 6.95. The zero-order chi connectivity index (χ0) is 10.0. The molecule has 2 unspecified atom stereocenters. The van der Waals surface area contributed by atoms with Gasteiger partial charge >= 0.3 is 5.97 Å². The largest absolute Gasteiger partial charge is 0.479 e. The van der Waals surface area contributed by atoms with E-state index < -0.39 is 18.2 Å². The van der Waals surface area contributed by atoms with Crippen molar-refractivity contribution in [3.05, 3.63) is 18.0 Å². The maximum Gasteiger partial charge on any atom is 0.335 e. The molecule has 0 aliphatic heterocycles. The van der Waals surface area contributed by atoms with Crippen molar-refractivity contribution in [2.24, 2.45) is 7.05 Å². The van der Waals surface area contributed by atoms with Crippen LogP contribution >= 0.6 is 0 Å². The number of aliphatic carboxylic acids is 1.